The van der Waals surface area contributed by atoms with Gasteiger partial charge in [-0.25, -0.2) is 0 Å². The first-order valence-corrected chi connectivity index (χ1v) is 7.29. The van der Waals surface area contributed by atoms with Gasteiger partial charge in [-0.05, 0) is 38.3 Å². The Balaban J connectivity index is 2.52. The highest BCUT2D eigenvalue weighted by molar-refractivity contribution is 6.31. The molecule has 0 amide bonds. The van der Waals surface area contributed by atoms with Crippen LogP contribution in [-0.4, -0.2) is 35.7 Å². The van der Waals surface area contributed by atoms with E-state index in [9.17, 15) is 0 Å². The summed E-state index contributed by atoms with van der Waals surface area (Å²) in [4.78, 5) is 2.34. The van der Waals surface area contributed by atoms with E-state index in [1.165, 1.54) is 0 Å². The largest absolute Gasteiger partial charge is 0.396 e. The molecular formula is C15H25ClN2O. The second kappa shape index (κ2) is 8.54. The predicted octanol–water partition coefficient (Wildman–Crippen LogP) is 2.82. The third-order valence-electron chi connectivity index (χ3n) is 3.37. The van der Waals surface area contributed by atoms with Crippen LogP contribution in [0.3, 0.4) is 0 Å². The maximum absolute atomic E-state index is 8.92. The minimum atomic E-state index is -0.0379. The quantitative estimate of drug-likeness (QED) is 0.772. The molecule has 1 aromatic rings. The standard InChI is InChI=1S/C15H25ClN2O/c1-12(2)18(9-5-11-19)10-8-15(17)13-6-3-4-7-14(13)16/h3-4,6-7,12,15,19H,5,8-11,17H2,1-2H3. The SMILES string of the molecule is CC(C)N(CCCO)CCC(N)c1ccccc1Cl. The zero-order chi connectivity index (χ0) is 14.3. The lowest BCUT2D eigenvalue weighted by Crippen LogP contribution is -2.34. The van der Waals surface area contributed by atoms with Crippen LogP contribution in [0.5, 0.6) is 0 Å². The first kappa shape index (κ1) is 16.4. The minimum Gasteiger partial charge on any atom is -0.396 e. The Morgan fingerprint density at radius 2 is 1.95 bits per heavy atom. The molecule has 4 heteroatoms. The topological polar surface area (TPSA) is 49.5 Å². The Morgan fingerprint density at radius 1 is 1.26 bits per heavy atom. The molecule has 0 aliphatic carbocycles. The van der Waals surface area contributed by atoms with Gasteiger partial charge in [0.15, 0.2) is 0 Å². The van der Waals surface area contributed by atoms with Crippen molar-refractivity contribution in [3.63, 3.8) is 0 Å². The molecule has 3 nitrogen and oxygen atoms in total. The summed E-state index contributed by atoms with van der Waals surface area (Å²) in [5, 5.41) is 9.66. The van der Waals surface area contributed by atoms with E-state index in [-0.39, 0.29) is 12.6 Å². The van der Waals surface area contributed by atoms with Gasteiger partial charge in [-0.15, -0.1) is 0 Å². The van der Waals surface area contributed by atoms with Gasteiger partial charge in [0.2, 0.25) is 0 Å². The number of aliphatic hydroxyl groups is 1. The van der Waals surface area contributed by atoms with E-state index in [0.29, 0.717) is 6.04 Å². The predicted molar refractivity (Wildman–Crippen MR) is 81.4 cm³/mol. The third kappa shape index (κ3) is 5.49. The Morgan fingerprint density at radius 3 is 2.53 bits per heavy atom. The summed E-state index contributed by atoms with van der Waals surface area (Å²) in [6.07, 6.45) is 1.67. The molecule has 0 heterocycles. The van der Waals surface area contributed by atoms with Crippen LogP contribution in [0.15, 0.2) is 24.3 Å². The molecule has 0 aromatic heterocycles. The zero-order valence-electron chi connectivity index (χ0n) is 11.8. The van der Waals surface area contributed by atoms with Crippen molar-refractivity contribution < 1.29 is 5.11 Å². The van der Waals surface area contributed by atoms with Gasteiger partial charge in [0, 0.05) is 36.8 Å². The highest BCUT2D eigenvalue weighted by Gasteiger charge is 2.14. The molecule has 0 aliphatic rings. The summed E-state index contributed by atoms with van der Waals surface area (Å²) in [7, 11) is 0. The van der Waals surface area contributed by atoms with Gasteiger partial charge in [0.05, 0.1) is 0 Å². The lowest BCUT2D eigenvalue weighted by molar-refractivity contribution is 0.186. The number of nitrogens with two attached hydrogens (primary N) is 1. The van der Waals surface area contributed by atoms with Gasteiger partial charge in [-0.1, -0.05) is 29.8 Å². The highest BCUT2D eigenvalue weighted by atomic mass is 35.5. The fourth-order valence-corrected chi connectivity index (χ4v) is 2.41. The average Bonchev–Trinajstić information content (AvgIpc) is 2.38. The number of rotatable bonds is 8. The highest BCUT2D eigenvalue weighted by Crippen LogP contribution is 2.23. The summed E-state index contributed by atoms with van der Waals surface area (Å²) >= 11 is 6.15. The molecule has 0 bridgehead atoms. The van der Waals surface area contributed by atoms with Crippen molar-refractivity contribution in [1.82, 2.24) is 4.90 Å². The van der Waals surface area contributed by atoms with Gasteiger partial charge in [-0.3, -0.25) is 0 Å². The Bertz CT molecular complexity index is 371. The van der Waals surface area contributed by atoms with Gasteiger partial charge >= 0.3 is 0 Å². The lowest BCUT2D eigenvalue weighted by Gasteiger charge is -2.27. The van der Waals surface area contributed by atoms with Crippen LogP contribution in [0.1, 0.15) is 38.3 Å². The molecule has 0 aliphatic heterocycles. The normalized spacial score (nSPS) is 13.2. The van der Waals surface area contributed by atoms with Crippen LogP contribution < -0.4 is 5.73 Å². The molecular weight excluding hydrogens is 260 g/mol. The van der Waals surface area contributed by atoms with Gasteiger partial charge in [0.25, 0.3) is 0 Å². The summed E-state index contributed by atoms with van der Waals surface area (Å²) in [6.45, 7) is 6.39. The fraction of sp³-hybridized carbons (Fsp3) is 0.600. The number of hydrogen-bond donors (Lipinski definition) is 2. The van der Waals surface area contributed by atoms with E-state index in [0.717, 1.165) is 36.5 Å². The summed E-state index contributed by atoms with van der Waals surface area (Å²) in [6, 6.07) is 8.17. The third-order valence-corrected chi connectivity index (χ3v) is 3.71. The molecule has 1 rings (SSSR count). The zero-order valence-corrected chi connectivity index (χ0v) is 12.6. The van der Waals surface area contributed by atoms with Crippen LogP contribution in [0, 0.1) is 0 Å². The average molecular weight is 285 g/mol. The molecule has 19 heavy (non-hydrogen) atoms. The molecule has 108 valence electrons. The molecule has 0 saturated heterocycles. The van der Waals surface area contributed by atoms with Gasteiger partial charge < -0.3 is 15.7 Å². The van der Waals surface area contributed by atoms with E-state index in [1.807, 2.05) is 24.3 Å². The second-order valence-corrected chi connectivity index (χ2v) is 5.53. The molecule has 3 N–H and O–H groups in total. The minimum absolute atomic E-state index is 0.0379. The van der Waals surface area contributed by atoms with Crippen LogP contribution in [0.4, 0.5) is 0 Å². The first-order valence-electron chi connectivity index (χ1n) is 6.91. The van der Waals surface area contributed by atoms with Crippen molar-refractivity contribution in [2.75, 3.05) is 19.7 Å². The molecule has 1 unspecified atom stereocenters. The van der Waals surface area contributed by atoms with Crippen molar-refractivity contribution in [3.8, 4) is 0 Å². The maximum Gasteiger partial charge on any atom is 0.0453 e. The van der Waals surface area contributed by atoms with E-state index >= 15 is 0 Å². The van der Waals surface area contributed by atoms with E-state index in [4.69, 9.17) is 22.4 Å². The number of halogens is 1. The molecule has 1 atom stereocenters. The van der Waals surface area contributed by atoms with Crippen molar-refractivity contribution in [2.45, 2.75) is 38.8 Å². The Kier molecular flexibility index (Phi) is 7.39. The van der Waals surface area contributed by atoms with E-state index < -0.39 is 0 Å². The Labute approximate surface area is 121 Å². The van der Waals surface area contributed by atoms with Crippen LogP contribution in [-0.2, 0) is 0 Å². The van der Waals surface area contributed by atoms with Gasteiger partial charge in [0.1, 0.15) is 0 Å². The van der Waals surface area contributed by atoms with E-state index in [2.05, 4.69) is 18.7 Å². The van der Waals surface area contributed by atoms with Crippen molar-refractivity contribution in [2.24, 2.45) is 5.73 Å². The number of nitrogens with zero attached hydrogens (tertiary/aromatic N) is 1. The summed E-state index contributed by atoms with van der Waals surface area (Å²) in [5.41, 5.74) is 7.22. The second-order valence-electron chi connectivity index (χ2n) is 5.12. The molecule has 0 fully saturated rings. The molecule has 1 aromatic carbocycles. The Hall–Kier alpha value is -0.610. The van der Waals surface area contributed by atoms with Crippen LogP contribution in [0.25, 0.3) is 0 Å². The molecule has 0 radical (unpaired) electrons. The number of hydrogen-bond acceptors (Lipinski definition) is 3. The monoisotopic (exact) mass is 284 g/mol. The van der Waals surface area contributed by atoms with Crippen molar-refractivity contribution in [1.29, 1.82) is 0 Å². The maximum atomic E-state index is 8.92. The van der Waals surface area contributed by atoms with E-state index in [1.54, 1.807) is 0 Å². The fourth-order valence-electron chi connectivity index (χ4n) is 2.14. The van der Waals surface area contributed by atoms with Crippen molar-refractivity contribution in [3.05, 3.63) is 34.9 Å². The molecule has 0 saturated carbocycles. The first-order chi connectivity index (χ1) is 9.06. The van der Waals surface area contributed by atoms with Gasteiger partial charge in [-0.2, -0.15) is 0 Å². The summed E-state index contributed by atoms with van der Waals surface area (Å²) < 4.78 is 0. The molecule has 0 spiro atoms. The van der Waals surface area contributed by atoms with Crippen LogP contribution >= 0.6 is 11.6 Å². The number of benzene rings is 1. The van der Waals surface area contributed by atoms with Crippen molar-refractivity contribution >= 4 is 11.6 Å². The lowest BCUT2D eigenvalue weighted by atomic mass is 10.0. The summed E-state index contributed by atoms with van der Waals surface area (Å²) in [5.74, 6) is 0. The smallest absolute Gasteiger partial charge is 0.0453 e. The number of aliphatic hydroxyl groups excluding tert-OH is 1. The van der Waals surface area contributed by atoms with Crippen LogP contribution in [0.2, 0.25) is 5.02 Å².